The molecule has 0 spiro atoms. The summed E-state index contributed by atoms with van der Waals surface area (Å²) in [5, 5.41) is 11.0. The lowest BCUT2D eigenvalue weighted by molar-refractivity contribution is -0.143. The fourth-order valence-electron chi connectivity index (χ4n) is 4.24. The Balaban J connectivity index is 1.83. The van der Waals surface area contributed by atoms with E-state index in [-0.39, 0.29) is 49.1 Å². The van der Waals surface area contributed by atoms with Crippen LogP contribution in [0.2, 0.25) is 0 Å². The molecule has 0 aromatic carbocycles. The average Bonchev–Trinajstić information content (AvgIpc) is 3.51. The first-order chi connectivity index (χ1) is 18.6. The van der Waals surface area contributed by atoms with Gasteiger partial charge in [0.25, 0.3) is 11.5 Å². The van der Waals surface area contributed by atoms with Gasteiger partial charge in [-0.05, 0) is 38.8 Å². The number of esters is 1. The Bertz CT molecular complexity index is 1310. The Hall–Kier alpha value is -4.05. The fraction of sp³-hybridized carbons (Fsp3) is 0.462. The molecule has 12 nitrogen and oxygen atoms in total. The third kappa shape index (κ3) is 7.73. The van der Waals surface area contributed by atoms with Crippen LogP contribution in [0, 0.1) is 25.2 Å². The van der Waals surface area contributed by atoms with E-state index in [1.165, 1.54) is 24.4 Å². The van der Waals surface area contributed by atoms with E-state index >= 15 is 0 Å². The summed E-state index contributed by atoms with van der Waals surface area (Å²) in [7, 11) is 0. The highest BCUT2D eigenvalue weighted by Crippen LogP contribution is 2.23. The van der Waals surface area contributed by atoms with Gasteiger partial charge in [-0.3, -0.25) is 24.0 Å². The number of amides is 3. The van der Waals surface area contributed by atoms with Gasteiger partial charge in [0.15, 0.2) is 5.69 Å². The molecule has 3 rings (SSSR count). The van der Waals surface area contributed by atoms with E-state index in [2.05, 4.69) is 39.7 Å². The van der Waals surface area contributed by atoms with E-state index in [1.54, 1.807) is 13.8 Å². The number of hydrogen-bond acceptors (Lipinski definition) is 9. The Morgan fingerprint density at radius 3 is 2.77 bits per heavy atom. The monoisotopic (exact) mass is 557 g/mol. The maximum atomic E-state index is 13.5. The molecule has 1 aliphatic rings. The number of nitrogens with zero attached hydrogens (tertiary/aromatic N) is 2. The second-order valence-electron chi connectivity index (χ2n) is 9.04. The van der Waals surface area contributed by atoms with Crippen molar-refractivity contribution < 1.29 is 28.4 Å². The number of rotatable bonds is 12. The van der Waals surface area contributed by atoms with Gasteiger partial charge in [0, 0.05) is 42.4 Å². The van der Waals surface area contributed by atoms with Crippen molar-refractivity contribution >= 4 is 42.0 Å². The van der Waals surface area contributed by atoms with E-state index < -0.39 is 40.7 Å². The number of hydrogen-bond donors (Lipinski definition) is 4. The predicted molar refractivity (Wildman–Crippen MR) is 144 cm³/mol. The van der Waals surface area contributed by atoms with Crippen LogP contribution in [0.25, 0.3) is 0 Å². The largest absolute Gasteiger partial charge is 0.466 e. The summed E-state index contributed by atoms with van der Waals surface area (Å²) in [5.74, 6) is 0.558. The lowest BCUT2D eigenvalue weighted by Gasteiger charge is -2.28. The Labute approximate surface area is 230 Å². The van der Waals surface area contributed by atoms with Crippen LogP contribution in [-0.2, 0) is 19.1 Å². The zero-order valence-electron chi connectivity index (χ0n) is 21.6. The van der Waals surface area contributed by atoms with Gasteiger partial charge < -0.3 is 29.8 Å². The Morgan fingerprint density at radius 2 is 2.15 bits per heavy atom. The quantitative estimate of drug-likeness (QED) is 0.172. The number of aromatic nitrogens is 2. The molecule has 0 unspecified atom stereocenters. The minimum Gasteiger partial charge on any atom is -0.466 e. The van der Waals surface area contributed by atoms with Gasteiger partial charge in [-0.1, -0.05) is 5.16 Å². The van der Waals surface area contributed by atoms with Crippen LogP contribution >= 0.6 is 12.6 Å². The highest BCUT2D eigenvalue weighted by atomic mass is 32.1. The molecule has 0 saturated carbocycles. The molecule has 0 radical (unpaired) electrons. The summed E-state index contributed by atoms with van der Waals surface area (Å²) in [6.07, 6.45) is 7.48. The molecule has 1 fully saturated rings. The van der Waals surface area contributed by atoms with Crippen molar-refractivity contribution in [1.29, 1.82) is 0 Å². The zero-order valence-corrected chi connectivity index (χ0v) is 22.5. The van der Waals surface area contributed by atoms with Gasteiger partial charge in [-0.15, -0.1) is 12.3 Å². The molecule has 3 amide bonds. The molecule has 0 bridgehead atoms. The van der Waals surface area contributed by atoms with E-state index in [1.807, 2.05) is 0 Å². The van der Waals surface area contributed by atoms with Crippen LogP contribution in [0.3, 0.4) is 0 Å². The average molecular weight is 558 g/mol. The van der Waals surface area contributed by atoms with Crippen LogP contribution in [0.5, 0.6) is 0 Å². The van der Waals surface area contributed by atoms with Crippen molar-refractivity contribution in [1.82, 2.24) is 20.4 Å². The summed E-state index contributed by atoms with van der Waals surface area (Å²) in [6.45, 7) is 4.01. The number of carbonyl (C=O) groups excluding carboxylic acids is 4. The van der Waals surface area contributed by atoms with E-state index in [9.17, 15) is 24.0 Å². The maximum Gasteiger partial charge on any atom is 0.306 e. The molecular formula is C26H31N5O7S. The molecule has 1 aliphatic heterocycles. The molecule has 39 heavy (non-hydrogen) atoms. The molecule has 2 aromatic heterocycles. The van der Waals surface area contributed by atoms with Gasteiger partial charge in [0.05, 0.1) is 13.0 Å². The van der Waals surface area contributed by atoms with Crippen molar-refractivity contribution in [3.8, 4) is 12.3 Å². The number of anilines is 1. The van der Waals surface area contributed by atoms with Gasteiger partial charge >= 0.3 is 5.97 Å². The molecule has 208 valence electrons. The summed E-state index contributed by atoms with van der Waals surface area (Å²) < 4.78 is 11.0. The number of carbonyl (C=O) groups is 4. The third-order valence-electron chi connectivity index (χ3n) is 6.21. The Morgan fingerprint density at radius 1 is 1.38 bits per heavy atom. The van der Waals surface area contributed by atoms with E-state index in [0.717, 1.165) is 4.57 Å². The number of pyridine rings is 1. The molecule has 1 saturated heterocycles. The maximum absolute atomic E-state index is 13.5. The topological polar surface area (TPSA) is 162 Å². The number of thiol groups is 1. The minimum absolute atomic E-state index is 0.0135. The predicted octanol–water partition coefficient (Wildman–Crippen LogP) is 1.22. The van der Waals surface area contributed by atoms with E-state index in [0.29, 0.717) is 18.7 Å². The molecule has 2 aromatic rings. The van der Waals surface area contributed by atoms with Crippen LogP contribution in [0.15, 0.2) is 33.7 Å². The van der Waals surface area contributed by atoms with Crippen LogP contribution in [0.4, 0.5) is 5.69 Å². The molecule has 3 N–H and O–H groups in total. The summed E-state index contributed by atoms with van der Waals surface area (Å²) in [5.41, 5.74) is -0.769. The van der Waals surface area contributed by atoms with Gasteiger partial charge in [-0.2, -0.15) is 12.6 Å². The van der Waals surface area contributed by atoms with Crippen molar-refractivity contribution in [2.45, 2.75) is 56.9 Å². The number of nitrogens with one attached hydrogen (secondary N) is 3. The summed E-state index contributed by atoms with van der Waals surface area (Å²) in [4.78, 5) is 63.6. The molecular weight excluding hydrogens is 526 g/mol. The molecule has 4 atom stereocenters. The van der Waals surface area contributed by atoms with Crippen LogP contribution < -0.4 is 21.5 Å². The fourth-order valence-corrected chi connectivity index (χ4v) is 4.59. The van der Waals surface area contributed by atoms with Gasteiger partial charge in [-0.25, -0.2) is 0 Å². The molecule has 3 heterocycles. The van der Waals surface area contributed by atoms with Crippen molar-refractivity contribution in [2.75, 3.05) is 18.5 Å². The summed E-state index contributed by atoms with van der Waals surface area (Å²) >= 11 is 4.54. The third-order valence-corrected chi connectivity index (χ3v) is 6.75. The molecule has 0 aliphatic carbocycles. The van der Waals surface area contributed by atoms with E-state index in [4.69, 9.17) is 15.7 Å². The first-order valence-corrected chi connectivity index (χ1v) is 13.0. The van der Waals surface area contributed by atoms with Crippen molar-refractivity contribution in [3.63, 3.8) is 0 Å². The number of terminal acetylenes is 1. The highest BCUT2D eigenvalue weighted by Gasteiger charge is 2.33. The van der Waals surface area contributed by atoms with Crippen LogP contribution in [-0.4, -0.2) is 57.9 Å². The summed E-state index contributed by atoms with van der Waals surface area (Å²) in [6, 6.07) is 2.45. The Kier molecular flexibility index (Phi) is 10.3. The van der Waals surface area contributed by atoms with Gasteiger partial charge in [0.2, 0.25) is 11.8 Å². The second-order valence-corrected chi connectivity index (χ2v) is 9.70. The highest BCUT2D eigenvalue weighted by molar-refractivity contribution is 7.81. The SMILES string of the molecule is C#CC[C@@H](C(=O)N[C@@H](C[C@@H]1CCNC1=O)[C@@H](S)CC(=O)OCC)n1cccc(NC(=O)c2cc(C)on2)c1=O. The van der Waals surface area contributed by atoms with Crippen molar-refractivity contribution in [2.24, 2.45) is 5.92 Å². The van der Waals surface area contributed by atoms with Gasteiger partial charge in [0.1, 0.15) is 17.5 Å². The first-order valence-electron chi connectivity index (χ1n) is 12.5. The first kappa shape index (κ1) is 29.5. The smallest absolute Gasteiger partial charge is 0.306 e. The standard InChI is InChI=1S/C26H31N5O7S/c1-4-7-20(31-11-6-8-17(26(31)36)28-24(34)19-12-15(3)38-30-19)25(35)29-18(13-16-9-10-27-23(16)33)21(39)14-22(32)37-5-2/h1,6,8,11-12,16,18,20-21,39H,5,7,9-10,13-14H2,2-3H3,(H,27,33)(H,28,34)(H,29,35)/t16-,18-,20-,21-/m0/s1. The zero-order chi connectivity index (χ0) is 28.5. The van der Waals surface area contributed by atoms with Crippen LogP contribution in [0.1, 0.15) is 54.9 Å². The normalized spacial score (nSPS) is 16.9. The lowest BCUT2D eigenvalue weighted by atomic mass is 9.94. The minimum atomic E-state index is -1.14. The number of aryl methyl sites for hydroxylation is 1. The number of ether oxygens (including phenoxy) is 1. The lowest BCUT2D eigenvalue weighted by Crippen LogP contribution is -2.47. The second kappa shape index (κ2) is 13.7. The van der Waals surface area contributed by atoms with Crippen molar-refractivity contribution in [3.05, 3.63) is 46.2 Å². The molecule has 13 heteroatoms.